The number of piperidine rings is 2. The quantitative estimate of drug-likeness (QED) is 0.537. The van der Waals surface area contributed by atoms with Gasteiger partial charge in [-0.25, -0.2) is 0 Å². The number of hydrogen-bond acceptors (Lipinski definition) is 2. The second-order valence-corrected chi connectivity index (χ2v) is 4.31. The van der Waals surface area contributed by atoms with Crippen LogP contribution in [-0.4, -0.2) is 17.9 Å². The number of ketones is 1. The van der Waals surface area contributed by atoms with E-state index in [1.807, 2.05) is 0 Å². The van der Waals surface area contributed by atoms with Crippen molar-refractivity contribution in [2.45, 2.75) is 31.3 Å². The number of carbonyl (C=O) groups excluding carboxylic acids is 1. The summed E-state index contributed by atoms with van der Waals surface area (Å²) in [7, 11) is 0. The van der Waals surface area contributed by atoms with Gasteiger partial charge in [-0.15, -0.1) is 0 Å². The van der Waals surface area contributed by atoms with Gasteiger partial charge in [0.1, 0.15) is 0 Å². The van der Waals surface area contributed by atoms with Crippen LogP contribution in [-0.2, 0) is 4.79 Å². The first-order valence-corrected chi connectivity index (χ1v) is 4.76. The molecule has 12 heavy (non-hydrogen) atoms. The summed E-state index contributed by atoms with van der Waals surface area (Å²) in [5, 5.41) is 3.50. The molecule has 4 fully saturated rings. The zero-order valence-corrected chi connectivity index (χ0v) is 7.05. The van der Waals surface area contributed by atoms with Crippen molar-refractivity contribution in [1.82, 2.24) is 5.32 Å². The molecule has 2 heterocycles. The van der Waals surface area contributed by atoms with E-state index in [2.05, 4.69) is 11.9 Å². The van der Waals surface area contributed by atoms with E-state index in [0.717, 1.165) is 12.0 Å². The average Bonchev–Trinajstić information content (AvgIpc) is 2.33. The Kier molecular flexibility index (Phi) is 1.14. The molecule has 2 nitrogen and oxygen atoms in total. The summed E-state index contributed by atoms with van der Waals surface area (Å²) in [5.41, 5.74) is 0.842. The van der Waals surface area contributed by atoms with Crippen LogP contribution in [0.3, 0.4) is 0 Å². The van der Waals surface area contributed by atoms with Crippen LogP contribution in [0.5, 0.6) is 0 Å². The molecule has 2 aliphatic heterocycles. The smallest absolute Gasteiger partial charge is 0.164 e. The van der Waals surface area contributed by atoms with Crippen molar-refractivity contribution in [2.24, 2.45) is 11.8 Å². The van der Waals surface area contributed by atoms with E-state index in [4.69, 9.17) is 0 Å². The first kappa shape index (κ1) is 6.84. The molecule has 2 saturated carbocycles. The summed E-state index contributed by atoms with van der Waals surface area (Å²) >= 11 is 0. The highest BCUT2D eigenvalue weighted by Gasteiger charge is 2.52. The number of hydrogen-bond donors (Lipinski definition) is 1. The van der Waals surface area contributed by atoms with Crippen molar-refractivity contribution in [3.63, 3.8) is 0 Å². The lowest BCUT2D eigenvalue weighted by Crippen LogP contribution is -2.57. The molecule has 4 rings (SSSR count). The molecule has 2 aliphatic carbocycles. The molecular weight excluding hydrogens is 150 g/mol. The Morgan fingerprint density at radius 1 is 1.42 bits per heavy atom. The maximum absolute atomic E-state index is 11.7. The van der Waals surface area contributed by atoms with Gasteiger partial charge in [0.05, 0.1) is 0 Å². The van der Waals surface area contributed by atoms with Gasteiger partial charge in [0.15, 0.2) is 5.78 Å². The Labute approximate surface area is 72.0 Å². The highest BCUT2D eigenvalue weighted by atomic mass is 16.1. The number of carbonyl (C=O) groups is 1. The second-order valence-electron chi connectivity index (χ2n) is 4.31. The fourth-order valence-electron chi connectivity index (χ4n) is 3.19. The summed E-state index contributed by atoms with van der Waals surface area (Å²) in [6.45, 7) is 3.86. The molecular formula is C10H13NO. The Morgan fingerprint density at radius 2 is 2.25 bits per heavy atom. The van der Waals surface area contributed by atoms with Crippen LogP contribution in [0.25, 0.3) is 0 Å². The van der Waals surface area contributed by atoms with Crippen molar-refractivity contribution in [3.8, 4) is 0 Å². The van der Waals surface area contributed by atoms with Gasteiger partial charge in [0, 0.05) is 23.6 Å². The summed E-state index contributed by atoms with van der Waals surface area (Å²) in [6.07, 6.45) is 3.61. The molecule has 4 atom stereocenters. The Bertz CT molecular complexity index is 257. The molecule has 64 valence electrons. The Balaban J connectivity index is 2.06. The van der Waals surface area contributed by atoms with E-state index in [-0.39, 0.29) is 0 Å². The van der Waals surface area contributed by atoms with Gasteiger partial charge in [0.2, 0.25) is 0 Å². The maximum Gasteiger partial charge on any atom is 0.164 e. The summed E-state index contributed by atoms with van der Waals surface area (Å²) in [4.78, 5) is 11.7. The van der Waals surface area contributed by atoms with E-state index in [1.54, 1.807) is 0 Å². The van der Waals surface area contributed by atoms with Crippen LogP contribution in [0.15, 0.2) is 12.2 Å². The minimum absolute atomic E-state index is 0.294. The summed E-state index contributed by atoms with van der Waals surface area (Å²) < 4.78 is 0. The van der Waals surface area contributed by atoms with E-state index in [1.165, 1.54) is 12.8 Å². The largest absolute Gasteiger partial charge is 0.306 e. The monoisotopic (exact) mass is 163 g/mol. The molecule has 0 aromatic rings. The van der Waals surface area contributed by atoms with Crippen molar-refractivity contribution in [2.75, 3.05) is 0 Å². The zero-order valence-electron chi connectivity index (χ0n) is 7.05. The fraction of sp³-hybridized carbons (Fsp3) is 0.700. The minimum Gasteiger partial charge on any atom is -0.306 e. The Morgan fingerprint density at radius 3 is 2.92 bits per heavy atom. The van der Waals surface area contributed by atoms with Gasteiger partial charge in [-0.2, -0.15) is 0 Å². The van der Waals surface area contributed by atoms with Gasteiger partial charge in [-0.05, 0) is 25.2 Å². The minimum atomic E-state index is 0.294. The molecule has 0 amide bonds. The standard InChI is InChI=1S/C10H13NO/c1-5-8-4-6-2-3-7(11-8)9(6)10(5)12/h6-9,11H,1-4H2. The molecule has 0 aromatic carbocycles. The predicted octanol–water partition coefficient (Wildman–Crippen LogP) is 0.882. The van der Waals surface area contributed by atoms with Crippen molar-refractivity contribution in [1.29, 1.82) is 0 Å². The molecule has 4 unspecified atom stereocenters. The normalized spacial score (nSPS) is 50.3. The molecule has 1 N–H and O–H groups in total. The van der Waals surface area contributed by atoms with E-state index in [0.29, 0.717) is 29.7 Å². The van der Waals surface area contributed by atoms with Crippen molar-refractivity contribution < 1.29 is 4.79 Å². The predicted molar refractivity (Wildman–Crippen MR) is 45.7 cm³/mol. The van der Waals surface area contributed by atoms with Crippen LogP contribution in [0, 0.1) is 11.8 Å². The van der Waals surface area contributed by atoms with Gasteiger partial charge >= 0.3 is 0 Å². The molecule has 0 radical (unpaired) electrons. The first-order chi connectivity index (χ1) is 5.77. The van der Waals surface area contributed by atoms with Crippen LogP contribution in [0.4, 0.5) is 0 Å². The van der Waals surface area contributed by atoms with Gasteiger partial charge < -0.3 is 5.32 Å². The first-order valence-electron chi connectivity index (χ1n) is 4.76. The zero-order chi connectivity index (χ0) is 8.29. The third-order valence-corrected chi connectivity index (χ3v) is 3.78. The van der Waals surface area contributed by atoms with E-state index < -0.39 is 0 Å². The van der Waals surface area contributed by atoms with Crippen LogP contribution >= 0.6 is 0 Å². The topological polar surface area (TPSA) is 29.1 Å². The number of rotatable bonds is 0. The average molecular weight is 163 g/mol. The highest BCUT2D eigenvalue weighted by molar-refractivity contribution is 6.00. The molecule has 4 bridgehead atoms. The van der Waals surface area contributed by atoms with E-state index >= 15 is 0 Å². The molecule has 2 heteroatoms. The molecule has 0 aromatic heterocycles. The lowest BCUT2D eigenvalue weighted by Gasteiger charge is -2.42. The number of fused-ring (bicyclic) bond motifs is 1. The van der Waals surface area contributed by atoms with E-state index in [9.17, 15) is 4.79 Å². The lowest BCUT2D eigenvalue weighted by atomic mass is 9.71. The molecule has 0 spiro atoms. The van der Waals surface area contributed by atoms with Crippen LogP contribution in [0.1, 0.15) is 19.3 Å². The third kappa shape index (κ3) is 0.626. The summed E-state index contributed by atoms with van der Waals surface area (Å²) in [5.74, 6) is 1.33. The molecule has 4 aliphatic rings. The highest BCUT2D eigenvalue weighted by Crippen LogP contribution is 2.46. The van der Waals surface area contributed by atoms with Crippen molar-refractivity contribution >= 4 is 5.78 Å². The Hall–Kier alpha value is -0.630. The summed E-state index contributed by atoms with van der Waals surface area (Å²) in [6, 6.07) is 0.812. The van der Waals surface area contributed by atoms with Gasteiger partial charge in [-0.1, -0.05) is 6.58 Å². The fourth-order valence-corrected chi connectivity index (χ4v) is 3.19. The van der Waals surface area contributed by atoms with Gasteiger partial charge in [0.25, 0.3) is 0 Å². The lowest BCUT2D eigenvalue weighted by molar-refractivity contribution is -0.124. The number of Topliss-reactive ketones (excluding diaryl/α,β-unsaturated/α-hetero) is 1. The van der Waals surface area contributed by atoms with Crippen molar-refractivity contribution in [3.05, 3.63) is 12.2 Å². The van der Waals surface area contributed by atoms with Crippen LogP contribution in [0.2, 0.25) is 0 Å². The molecule has 2 saturated heterocycles. The number of nitrogens with one attached hydrogen (secondary N) is 1. The van der Waals surface area contributed by atoms with Crippen LogP contribution < -0.4 is 5.32 Å². The maximum atomic E-state index is 11.7. The third-order valence-electron chi connectivity index (χ3n) is 3.78. The van der Waals surface area contributed by atoms with Gasteiger partial charge in [-0.3, -0.25) is 4.79 Å². The SMILES string of the molecule is C=C1C(=O)C2C3CCC2NC1C3. The second kappa shape index (κ2) is 1.99.